The summed E-state index contributed by atoms with van der Waals surface area (Å²) < 4.78 is 7.11. The molecule has 59 heavy (non-hydrogen) atoms. The Hall–Kier alpha value is -8.02. The van der Waals surface area contributed by atoms with Gasteiger partial charge in [0.1, 0.15) is 11.2 Å². The van der Waals surface area contributed by atoms with Crippen molar-refractivity contribution in [2.75, 3.05) is 0 Å². The molecular weight excluding hydrogens is 721 g/mol. The molecule has 0 aliphatic heterocycles. The number of amidine groups is 2. The van der Waals surface area contributed by atoms with Gasteiger partial charge < -0.3 is 4.42 Å². The molecule has 5 nitrogen and oxygen atoms in total. The second-order valence-corrected chi connectivity index (χ2v) is 14.4. The number of hydrogen-bond donors (Lipinski definition) is 1. The Morgan fingerprint density at radius 2 is 1.10 bits per heavy atom. The molecule has 0 saturated heterocycles. The number of aromatic nitrogens is 1. The van der Waals surface area contributed by atoms with Gasteiger partial charge >= 0.3 is 0 Å². The zero-order chi connectivity index (χ0) is 39.5. The lowest BCUT2D eigenvalue weighted by Crippen LogP contribution is -2.04. The molecule has 0 aliphatic carbocycles. The fourth-order valence-electron chi connectivity index (χ4n) is 7.79. The van der Waals surface area contributed by atoms with Crippen molar-refractivity contribution in [2.45, 2.75) is 0 Å². The third-order valence-electron chi connectivity index (χ3n) is 10.7. The minimum absolute atomic E-state index is 0.138. The van der Waals surface area contributed by atoms with Crippen LogP contribution in [0, 0.1) is 5.41 Å². The lowest BCUT2D eigenvalue weighted by atomic mass is 9.93. The van der Waals surface area contributed by atoms with Crippen molar-refractivity contribution >= 4 is 50.7 Å². The van der Waals surface area contributed by atoms with Crippen molar-refractivity contribution in [3.8, 4) is 44.5 Å². The van der Waals surface area contributed by atoms with Crippen LogP contribution in [-0.2, 0) is 0 Å². The molecule has 0 spiro atoms. The minimum Gasteiger partial charge on any atom is -0.455 e. The van der Waals surface area contributed by atoms with E-state index in [1.807, 2.05) is 91.3 Å². The van der Waals surface area contributed by atoms with Crippen molar-refractivity contribution in [3.63, 3.8) is 0 Å². The Kier molecular flexibility index (Phi) is 9.29. The van der Waals surface area contributed by atoms with Gasteiger partial charge in [0.2, 0.25) is 0 Å². The number of pyridine rings is 1. The summed E-state index contributed by atoms with van der Waals surface area (Å²) >= 11 is 0. The Morgan fingerprint density at radius 3 is 1.81 bits per heavy atom. The zero-order valence-corrected chi connectivity index (χ0v) is 32.0. The van der Waals surface area contributed by atoms with Crippen LogP contribution in [0.2, 0.25) is 0 Å². The van der Waals surface area contributed by atoms with E-state index in [1.165, 1.54) is 0 Å². The van der Waals surface area contributed by atoms with Gasteiger partial charge in [0.15, 0.2) is 11.7 Å². The maximum absolute atomic E-state index is 8.87. The third-order valence-corrected chi connectivity index (χ3v) is 10.7. The molecular formula is C54H36N4O. The first-order valence-electron chi connectivity index (χ1n) is 19.6. The first kappa shape index (κ1) is 35.4. The van der Waals surface area contributed by atoms with E-state index in [2.05, 4.69) is 121 Å². The van der Waals surface area contributed by atoms with E-state index in [0.717, 1.165) is 88.5 Å². The van der Waals surface area contributed by atoms with E-state index in [4.69, 9.17) is 24.8 Å². The molecule has 8 aromatic carbocycles. The van der Waals surface area contributed by atoms with Gasteiger partial charge in [-0.3, -0.25) is 10.4 Å². The topological polar surface area (TPSA) is 74.6 Å². The molecule has 10 aromatic rings. The second kappa shape index (κ2) is 15.5. The number of benzene rings is 8. The molecule has 5 heteroatoms. The van der Waals surface area contributed by atoms with Crippen LogP contribution in [0.15, 0.2) is 221 Å². The predicted octanol–water partition coefficient (Wildman–Crippen LogP) is 13.7. The van der Waals surface area contributed by atoms with Gasteiger partial charge in [0.25, 0.3) is 0 Å². The van der Waals surface area contributed by atoms with E-state index in [-0.39, 0.29) is 5.84 Å². The van der Waals surface area contributed by atoms with Gasteiger partial charge in [-0.25, -0.2) is 9.98 Å². The summed E-state index contributed by atoms with van der Waals surface area (Å²) in [6.45, 7) is 0. The summed E-state index contributed by atoms with van der Waals surface area (Å²) in [7, 11) is 0. The standard InChI is InChI=1S/C54H36N4O/c55-53(41-19-9-3-10-20-41)58-54(42-21-11-4-12-22-42)57-35-43-30-31-46(39-28-26-38(27-29-39)45-25-13-23-40-24-14-32-56-50(40)45)52-49(43)48-34-44(36-15-5-1-6-16-36)33-47(51(48)59-52)37-17-7-2-8-18-37/h1-35,55H. The Balaban J connectivity index is 1.19. The molecule has 2 heterocycles. The van der Waals surface area contributed by atoms with Crippen LogP contribution in [0.4, 0.5) is 0 Å². The smallest absolute Gasteiger partial charge is 0.161 e. The highest BCUT2D eigenvalue weighted by atomic mass is 16.3. The van der Waals surface area contributed by atoms with Gasteiger partial charge in [-0.1, -0.05) is 176 Å². The fraction of sp³-hybridized carbons (Fsp3) is 0. The van der Waals surface area contributed by atoms with Gasteiger partial charge in [-0.05, 0) is 52.1 Å². The summed E-state index contributed by atoms with van der Waals surface area (Å²) in [6, 6.07) is 68.0. The monoisotopic (exact) mass is 756 g/mol. The van der Waals surface area contributed by atoms with Crippen LogP contribution in [0.3, 0.4) is 0 Å². The van der Waals surface area contributed by atoms with Crippen LogP contribution >= 0.6 is 0 Å². The summed E-state index contributed by atoms with van der Waals surface area (Å²) in [5, 5.41) is 11.9. The largest absolute Gasteiger partial charge is 0.455 e. The van der Waals surface area contributed by atoms with Gasteiger partial charge in [0, 0.05) is 62.0 Å². The number of aliphatic imine (C=N–C) groups is 2. The SMILES string of the molecule is N=C(N=C(N=Cc1ccc(-c2ccc(-c3cccc4cccnc34)cc2)c2oc3c(-c4ccccc4)cc(-c4ccccc4)cc3c12)c1ccccc1)c1ccccc1. The van der Waals surface area contributed by atoms with E-state index in [0.29, 0.717) is 11.4 Å². The maximum Gasteiger partial charge on any atom is 0.161 e. The molecule has 2 aromatic heterocycles. The number of nitrogens with one attached hydrogen (secondary N) is 1. The molecule has 10 rings (SSSR count). The van der Waals surface area contributed by atoms with Crippen molar-refractivity contribution in [1.82, 2.24) is 4.98 Å². The van der Waals surface area contributed by atoms with E-state index in [9.17, 15) is 0 Å². The van der Waals surface area contributed by atoms with Crippen molar-refractivity contribution in [3.05, 3.63) is 223 Å². The predicted molar refractivity (Wildman–Crippen MR) is 245 cm³/mol. The number of hydrogen-bond acceptors (Lipinski definition) is 3. The Labute approximate surface area is 341 Å². The lowest BCUT2D eigenvalue weighted by Gasteiger charge is -2.09. The van der Waals surface area contributed by atoms with Crippen LogP contribution in [-0.4, -0.2) is 22.9 Å². The molecule has 0 amide bonds. The molecule has 0 aliphatic rings. The van der Waals surface area contributed by atoms with E-state index >= 15 is 0 Å². The average molecular weight is 757 g/mol. The summed E-state index contributed by atoms with van der Waals surface area (Å²) in [5.74, 6) is 0.580. The normalized spacial score (nSPS) is 11.8. The second-order valence-electron chi connectivity index (χ2n) is 14.4. The molecule has 0 saturated carbocycles. The van der Waals surface area contributed by atoms with Gasteiger partial charge in [0.05, 0.1) is 5.52 Å². The zero-order valence-electron chi connectivity index (χ0n) is 32.0. The highest BCUT2D eigenvalue weighted by Crippen LogP contribution is 2.44. The van der Waals surface area contributed by atoms with Gasteiger partial charge in [-0.15, -0.1) is 0 Å². The van der Waals surface area contributed by atoms with E-state index < -0.39 is 0 Å². The number of rotatable bonds is 7. The van der Waals surface area contributed by atoms with Crippen LogP contribution in [0.1, 0.15) is 16.7 Å². The van der Waals surface area contributed by atoms with Crippen molar-refractivity contribution in [2.24, 2.45) is 9.98 Å². The molecule has 0 unspecified atom stereocenters. The summed E-state index contributed by atoms with van der Waals surface area (Å²) in [6.07, 6.45) is 3.71. The Bertz CT molecular complexity index is 3180. The quantitative estimate of drug-likeness (QED) is 0.130. The number of para-hydroxylation sites is 1. The molecule has 0 bridgehead atoms. The Morgan fingerprint density at radius 1 is 0.492 bits per heavy atom. The highest BCUT2D eigenvalue weighted by Gasteiger charge is 2.21. The van der Waals surface area contributed by atoms with Crippen molar-refractivity contribution < 1.29 is 4.42 Å². The van der Waals surface area contributed by atoms with Crippen LogP contribution in [0.5, 0.6) is 0 Å². The minimum atomic E-state index is 0.138. The number of furan rings is 1. The number of nitrogens with zero attached hydrogens (tertiary/aromatic N) is 3. The van der Waals surface area contributed by atoms with Crippen LogP contribution in [0.25, 0.3) is 77.3 Å². The number of fused-ring (bicyclic) bond motifs is 4. The van der Waals surface area contributed by atoms with Gasteiger partial charge in [-0.2, -0.15) is 0 Å². The molecule has 1 N–H and O–H groups in total. The highest BCUT2D eigenvalue weighted by molar-refractivity contribution is 6.21. The molecule has 278 valence electrons. The van der Waals surface area contributed by atoms with Crippen LogP contribution < -0.4 is 0 Å². The summed E-state index contributed by atoms with van der Waals surface area (Å²) in [4.78, 5) is 14.5. The first-order chi connectivity index (χ1) is 29.2. The average Bonchev–Trinajstić information content (AvgIpc) is 3.71. The maximum atomic E-state index is 8.87. The molecule has 0 radical (unpaired) electrons. The first-order valence-corrected chi connectivity index (χ1v) is 19.6. The third kappa shape index (κ3) is 6.92. The molecule has 0 atom stereocenters. The molecule has 0 fully saturated rings. The van der Waals surface area contributed by atoms with Crippen molar-refractivity contribution in [1.29, 1.82) is 5.41 Å². The summed E-state index contributed by atoms with van der Waals surface area (Å²) in [5.41, 5.74) is 13.4. The fourth-order valence-corrected chi connectivity index (χ4v) is 7.79. The van der Waals surface area contributed by atoms with E-state index in [1.54, 1.807) is 0 Å². The lowest BCUT2D eigenvalue weighted by molar-refractivity contribution is 0.671.